The van der Waals surface area contributed by atoms with Gasteiger partial charge in [0.15, 0.2) is 5.82 Å². The molecular weight excluding hydrogens is 336 g/mol. The van der Waals surface area contributed by atoms with Crippen LogP contribution in [0.25, 0.3) is 0 Å². The third kappa shape index (κ3) is 3.92. The van der Waals surface area contributed by atoms with E-state index in [1.807, 2.05) is 0 Å². The largest absolute Gasteiger partial charge is 0.497 e. The van der Waals surface area contributed by atoms with Crippen LogP contribution in [0.15, 0.2) is 47.1 Å². The highest BCUT2D eigenvalue weighted by Gasteiger charge is 2.12. The number of carbonyl (C=O) groups is 1. The summed E-state index contributed by atoms with van der Waals surface area (Å²) in [5, 5.41) is 9.64. The maximum absolute atomic E-state index is 12.6. The predicted molar refractivity (Wildman–Crippen MR) is 96.3 cm³/mol. The number of hydrogen-bond donors (Lipinski definition) is 2. The summed E-state index contributed by atoms with van der Waals surface area (Å²) in [5.74, 6) is 2.50. The van der Waals surface area contributed by atoms with Crippen molar-refractivity contribution in [3.63, 3.8) is 0 Å². The summed E-state index contributed by atoms with van der Waals surface area (Å²) in [6, 6.07) is 10.1. The highest BCUT2D eigenvalue weighted by molar-refractivity contribution is 6.05. The minimum Gasteiger partial charge on any atom is -0.497 e. The molecule has 8 nitrogen and oxygen atoms in total. The van der Waals surface area contributed by atoms with E-state index < -0.39 is 0 Å². The molecule has 0 atom stereocenters. The Morgan fingerprint density at radius 1 is 1.08 bits per heavy atom. The monoisotopic (exact) mass is 354 g/mol. The van der Waals surface area contributed by atoms with Gasteiger partial charge in [-0.25, -0.2) is 4.98 Å². The van der Waals surface area contributed by atoms with Crippen molar-refractivity contribution in [3.8, 4) is 11.5 Å². The van der Waals surface area contributed by atoms with E-state index in [1.54, 1.807) is 50.4 Å². The second-order valence-electron chi connectivity index (χ2n) is 5.40. The average Bonchev–Trinajstić information content (AvgIpc) is 3.06. The first kappa shape index (κ1) is 17.3. The fraction of sp³-hybridized carbons (Fsp3) is 0.167. The molecule has 0 unspecified atom stereocenters. The predicted octanol–water partition coefficient (Wildman–Crippen LogP) is 3.39. The summed E-state index contributed by atoms with van der Waals surface area (Å²) < 4.78 is 15.5. The zero-order valence-electron chi connectivity index (χ0n) is 14.6. The third-order valence-electron chi connectivity index (χ3n) is 3.56. The lowest BCUT2D eigenvalue weighted by molar-refractivity contribution is 0.102. The number of aryl methyl sites for hydroxylation is 1. The smallest absolute Gasteiger partial charge is 0.255 e. The number of ether oxygens (including phenoxy) is 2. The molecule has 0 spiro atoms. The third-order valence-corrected chi connectivity index (χ3v) is 3.56. The molecule has 134 valence electrons. The first-order chi connectivity index (χ1) is 12.6. The number of methoxy groups -OCH3 is 2. The molecular formula is C18H18N4O4. The standard InChI is InChI=1S/C18H18N4O4/c1-11-8-17(22-26-11)21-16-9-12(6-7-19-16)18(23)20-14-10-13(24-2)4-5-15(14)25-3/h4-10H,1-3H3,(H,20,23)(H,19,21,22). The summed E-state index contributed by atoms with van der Waals surface area (Å²) in [7, 11) is 3.09. The van der Waals surface area contributed by atoms with E-state index in [4.69, 9.17) is 14.0 Å². The van der Waals surface area contributed by atoms with Crippen molar-refractivity contribution in [2.45, 2.75) is 6.92 Å². The number of benzene rings is 1. The fourth-order valence-corrected chi connectivity index (χ4v) is 2.30. The van der Waals surface area contributed by atoms with Crippen molar-refractivity contribution in [2.24, 2.45) is 0 Å². The highest BCUT2D eigenvalue weighted by Crippen LogP contribution is 2.29. The van der Waals surface area contributed by atoms with Gasteiger partial charge >= 0.3 is 0 Å². The minimum absolute atomic E-state index is 0.307. The summed E-state index contributed by atoms with van der Waals surface area (Å²) in [6.45, 7) is 1.79. The van der Waals surface area contributed by atoms with Crippen molar-refractivity contribution in [1.29, 1.82) is 0 Å². The van der Waals surface area contributed by atoms with Gasteiger partial charge in [-0.05, 0) is 31.2 Å². The molecule has 2 N–H and O–H groups in total. The maximum atomic E-state index is 12.6. The van der Waals surface area contributed by atoms with Gasteiger partial charge < -0.3 is 24.6 Å². The van der Waals surface area contributed by atoms with E-state index >= 15 is 0 Å². The Kier molecular flexibility index (Phi) is 5.02. The fourth-order valence-electron chi connectivity index (χ4n) is 2.30. The van der Waals surface area contributed by atoms with Gasteiger partial charge in [0.05, 0.1) is 19.9 Å². The van der Waals surface area contributed by atoms with Gasteiger partial charge in [0, 0.05) is 23.9 Å². The van der Waals surface area contributed by atoms with Crippen LogP contribution in [0.3, 0.4) is 0 Å². The topological polar surface area (TPSA) is 98.5 Å². The number of nitrogens with zero attached hydrogens (tertiary/aromatic N) is 2. The zero-order valence-corrected chi connectivity index (χ0v) is 14.6. The van der Waals surface area contributed by atoms with Gasteiger partial charge in [-0.1, -0.05) is 5.16 Å². The molecule has 3 aromatic rings. The van der Waals surface area contributed by atoms with Crippen LogP contribution in [-0.2, 0) is 0 Å². The van der Waals surface area contributed by atoms with Crippen LogP contribution >= 0.6 is 0 Å². The van der Waals surface area contributed by atoms with Crippen LogP contribution in [0.1, 0.15) is 16.1 Å². The molecule has 0 radical (unpaired) electrons. The van der Waals surface area contributed by atoms with E-state index in [2.05, 4.69) is 20.8 Å². The molecule has 3 rings (SSSR count). The van der Waals surface area contributed by atoms with Crippen molar-refractivity contribution in [1.82, 2.24) is 10.1 Å². The van der Waals surface area contributed by atoms with Gasteiger partial charge in [-0.2, -0.15) is 0 Å². The quantitative estimate of drug-likeness (QED) is 0.700. The van der Waals surface area contributed by atoms with Crippen LogP contribution in [0.4, 0.5) is 17.3 Å². The number of pyridine rings is 1. The summed E-state index contributed by atoms with van der Waals surface area (Å²) in [4.78, 5) is 16.8. The number of hydrogen-bond acceptors (Lipinski definition) is 7. The molecule has 0 bridgehead atoms. The van der Waals surface area contributed by atoms with Crippen LogP contribution in [-0.4, -0.2) is 30.3 Å². The first-order valence-corrected chi connectivity index (χ1v) is 7.79. The first-order valence-electron chi connectivity index (χ1n) is 7.79. The molecule has 0 aliphatic carbocycles. The Morgan fingerprint density at radius 2 is 1.92 bits per heavy atom. The van der Waals surface area contributed by atoms with Crippen molar-refractivity contribution < 1.29 is 18.8 Å². The number of carbonyl (C=O) groups excluding carboxylic acids is 1. The molecule has 26 heavy (non-hydrogen) atoms. The van der Waals surface area contributed by atoms with E-state index in [0.29, 0.717) is 40.1 Å². The molecule has 8 heteroatoms. The van der Waals surface area contributed by atoms with Gasteiger partial charge in [0.1, 0.15) is 23.1 Å². The molecule has 0 fully saturated rings. The van der Waals surface area contributed by atoms with Crippen LogP contribution in [0, 0.1) is 6.92 Å². The Balaban J connectivity index is 1.79. The number of aromatic nitrogens is 2. The van der Waals surface area contributed by atoms with Crippen LogP contribution in [0.5, 0.6) is 11.5 Å². The lowest BCUT2D eigenvalue weighted by Gasteiger charge is -2.12. The van der Waals surface area contributed by atoms with E-state index in [1.165, 1.54) is 13.3 Å². The zero-order chi connectivity index (χ0) is 18.5. The van der Waals surface area contributed by atoms with Gasteiger partial charge in [-0.3, -0.25) is 4.79 Å². The van der Waals surface area contributed by atoms with Gasteiger partial charge in [0.2, 0.25) is 0 Å². The molecule has 0 saturated heterocycles. The van der Waals surface area contributed by atoms with Crippen molar-refractivity contribution >= 4 is 23.2 Å². The summed E-state index contributed by atoms with van der Waals surface area (Å²) in [5.41, 5.74) is 0.933. The normalized spacial score (nSPS) is 10.3. The second kappa shape index (κ2) is 7.56. The van der Waals surface area contributed by atoms with E-state index in [-0.39, 0.29) is 5.91 Å². The lowest BCUT2D eigenvalue weighted by atomic mass is 10.2. The minimum atomic E-state index is -0.307. The number of amides is 1. The lowest BCUT2D eigenvalue weighted by Crippen LogP contribution is -2.13. The summed E-state index contributed by atoms with van der Waals surface area (Å²) >= 11 is 0. The number of nitrogens with one attached hydrogen (secondary N) is 2. The molecule has 0 saturated carbocycles. The highest BCUT2D eigenvalue weighted by atomic mass is 16.5. The Morgan fingerprint density at radius 3 is 2.62 bits per heavy atom. The van der Waals surface area contributed by atoms with E-state index in [0.717, 1.165) is 0 Å². The van der Waals surface area contributed by atoms with Crippen molar-refractivity contribution in [3.05, 3.63) is 53.9 Å². The number of anilines is 3. The number of rotatable bonds is 6. The SMILES string of the molecule is COc1ccc(OC)c(NC(=O)c2ccnc(Nc3cc(C)on3)c2)c1. The summed E-state index contributed by atoms with van der Waals surface area (Å²) in [6.07, 6.45) is 1.53. The molecule has 0 aliphatic rings. The molecule has 0 aliphatic heterocycles. The van der Waals surface area contributed by atoms with Crippen LogP contribution in [0.2, 0.25) is 0 Å². The molecule has 1 aromatic carbocycles. The Bertz CT molecular complexity index is 923. The molecule has 2 heterocycles. The average molecular weight is 354 g/mol. The van der Waals surface area contributed by atoms with Crippen molar-refractivity contribution in [2.75, 3.05) is 24.9 Å². The van der Waals surface area contributed by atoms with E-state index in [9.17, 15) is 4.79 Å². The molecule has 1 amide bonds. The molecule has 2 aromatic heterocycles. The Labute approximate surface area is 150 Å². The maximum Gasteiger partial charge on any atom is 0.255 e. The second-order valence-corrected chi connectivity index (χ2v) is 5.40. The Hall–Kier alpha value is -3.55. The van der Waals surface area contributed by atoms with Gasteiger partial charge in [0.25, 0.3) is 5.91 Å². The van der Waals surface area contributed by atoms with Gasteiger partial charge in [-0.15, -0.1) is 0 Å². The van der Waals surface area contributed by atoms with Crippen LogP contribution < -0.4 is 20.1 Å².